The SMILES string of the molecule is Cc1csc(-c2c3n(c4cccnc24)CCN(C2CC2)C3O)n1. The molecule has 3 aromatic heterocycles. The fraction of sp³-hybridized carbons (Fsp3) is 0.412. The zero-order chi connectivity index (χ0) is 15.6. The Hall–Kier alpha value is -1.76. The lowest BCUT2D eigenvalue weighted by molar-refractivity contribution is -0.0255. The van der Waals surface area contributed by atoms with Crippen molar-refractivity contribution < 1.29 is 5.11 Å². The number of aromatic nitrogens is 3. The predicted octanol–water partition coefficient (Wildman–Crippen LogP) is 2.94. The second-order valence-corrected chi connectivity index (χ2v) is 7.28. The highest BCUT2D eigenvalue weighted by Crippen LogP contribution is 2.43. The molecule has 0 spiro atoms. The van der Waals surface area contributed by atoms with Crippen molar-refractivity contribution in [1.29, 1.82) is 0 Å². The number of aryl methyl sites for hydroxylation is 1. The van der Waals surface area contributed by atoms with Gasteiger partial charge in [0.2, 0.25) is 0 Å². The molecule has 0 radical (unpaired) electrons. The van der Waals surface area contributed by atoms with E-state index < -0.39 is 6.23 Å². The molecule has 2 aliphatic rings. The van der Waals surface area contributed by atoms with Crippen molar-refractivity contribution in [1.82, 2.24) is 19.4 Å². The van der Waals surface area contributed by atoms with Crippen LogP contribution >= 0.6 is 11.3 Å². The molecule has 118 valence electrons. The van der Waals surface area contributed by atoms with E-state index in [1.807, 2.05) is 19.2 Å². The van der Waals surface area contributed by atoms with E-state index in [0.717, 1.165) is 46.1 Å². The van der Waals surface area contributed by atoms with Gasteiger partial charge in [-0.2, -0.15) is 0 Å². The molecule has 5 nitrogen and oxygen atoms in total. The molecule has 0 amide bonds. The zero-order valence-corrected chi connectivity index (χ0v) is 13.8. The lowest BCUT2D eigenvalue weighted by atomic mass is 10.1. The predicted molar refractivity (Wildman–Crippen MR) is 90.3 cm³/mol. The zero-order valence-electron chi connectivity index (χ0n) is 12.9. The lowest BCUT2D eigenvalue weighted by Crippen LogP contribution is -2.39. The first-order chi connectivity index (χ1) is 11.2. The van der Waals surface area contributed by atoms with Gasteiger partial charge >= 0.3 is 0 Å². The maximum absolute atomic E-state index is 11.0. The second-order valence-electron chi connectivity index (χ2n) is 6.42. The standard InChI is InChI=1S/C17H18N4OS/c1-10-9-23-16(19-10)13-14-12(3-2-6-18-14)21-8-7-20(11-4-5-11)17(22)15(13)21/h2-3,6,9,11,17,22H,4-5,7-8H2,1H3. The summed E-state index contributed by atoms with van der Waals surface area (Å²) in [7, 11) is 0. The van der Waals surface area contributed by atoms with E-state index in [0.29, 0.717) is 6.04 Å². The van der Waals surface area contributed by atoms with Crippen LogP contribution in [0.15, 0.2) is 23.7 Å². The monoisotopic (exact) mass is 326 g/mol. The summed E-state index contributed by atoms with van der Waals surface area (Å²) in [6, 6.07) is 4.59. The largest absolute Gasteiger partial charge is 0.372 e. The molecule has 23 heavy (non-hydrogen) atoms. The quantitative estimate of drug-likeness (QED) is 0.787. The molecule has 1 fully saturated rings. The third-order valence-corrected chi connectivity index (χ3v) is 5.83. The third-order valence-electron chi connectivity index (χ3n) is 4.85. The van der Waals surface area contributed by atoms with Crippen molar-refractivity contribution in [3.05, 3.63) is 35.1 Å². The molecule has 0 saturated heterocycles. The topological polar surface area (TPSA) is 54.2 Å². The second kappa shape index (κ2) is 4.87. The molecule has 0 aromatic carbocycles. The van der Waals surface area contributed by atoms with Gasteiger partial charge in [-0.15, -0.1) is 11.3 Å². The number of rotatable bonds is 2. The molecular weight excluding hydrogens is 308 g/mol. The van der Waals surface area contributed by atoms with E-state index in [1.165, 1.54) is 12.8 Å². The third kappa shape index (κ3) is 1.99. The molecule has 3 aromatic rings. The summed E-state index contributed by atoms with van der Waals surface area (Å²) in [6.07, 6.45) is 3.65. The maximum atomic E-state index is 11.0. The van der Waals surface area contributed by atoms with Crippen molar-refractivity contribution in [2.45, 2.75) is 38.6 Å². The van der Waals surface area contributed by atoms with Crippen LogP contribution in [0.25, 0.3) is 21.6 Å². The van der Waals surface area contributed by atoms with Crippen LogP contribution in [-0.4, -0.2) is 37.1 Å². The number of fused-ring (bicyclic) bond motifs is 3. The molecule has 1 unspecified atom stereocenters. The fourth-order valence-electron chi connectivity index (χ4n) is 3.67. The lowest BCUT2D eigenvalue weighted by Gasteiger charge is -2.34. The van der Waals surface area contributed by atoms with Crippen molar-refractivity contribution in [3.63, 3.8) is 0 Å². The summed E-state index contributed by atoms with van der Waals surface area (Å²) in [6.45, 7) is 3.80. The highest BCUT2D eigenvalue weighted by Gasteiger charge is 2.40. The van der Waals surface area contributed by atoms with E-state index >= 15 is 0 Å². The van der Waals surface area contributed by atoms with Gasteiger partial charge in [-0.25, -0.2) is 4.98 Å². The molecule has 6 heteroatoms. The van der Waals surface area contributed by atoms with E-state index in [-0.39, 0.29) is 0 Å². The van der Waals surface area contributed by atoms with Crippen LogP contribution in [0, 0.1) is 6.92 Å². The first-order valence-electron chi connectivity index (χ1n) is 8.07. The molecule has 1 atom stereocenters. The van der Waals surface area contributed by atoms with Crippen LogP contribution < -0.4 is 0 Å². The minimum Gasteiger partial charge on any atom is -0.372 e. The van der Waals surface area contributed by atoms with Gasteiger partial charge in [-0.3, -0.25) is 9.88 Å². The van der Waals surface area contributed by atoms with Crippen molar-refractivity contribution in [3.8, 4) is 10.6 Å². The first-order valence-corrected chi connectivity index (χ1v) is 8.95. The number of aliphatic hydroxyl groups excluding tert-OH is 1. The van der Waals surface area contributed by atoms with Gasteiger partial charge in [0.1, 0.15) is 11.2 Å². The summed E-state index contributed by atoms with van der Waals surface area (Å²) in [5.74, 6) is 0. The van der Waals surface area contributed by atoms with E-state index in [9.17, 15) is 5.11 Å². The van der Waals surface area contributed by atoms with Crippen LogP contribution in [-0.2, 0) is 6.54 Å². The Balaban J connectivity index is 1.79. The van der Waals surface area contributed by atoms with Gasteiger partial charge in [-0.1, -0.05) is 0 Å². The van der Waals surface area contributed by atoms with Crippen LogP contribution in [0.4, 0.5) is 0 Å². The number of pyridine rings is 1. The van der Waals surface area contributed by atoms with E-state index in [4.69, 9.17) is 0 Å². The maximum Gasteiger partial charge on any atom is 0.149 e. The Kier molecular flexibility index (Phi) is 2.89. The summed E-state index contributed by atoms with van der Waals surface area (Å²) in [5, 5.41) is 14.0. The molecule has 0 bridgehead atoms. The summed E-state index contributed by atoms with van der Waals surface area (Å²) in [4.78, 5) is 11.5. The number of thiazole rings is 1. The van der Waals surface area contributed by atoms with Crippen LogP contribution in [0.1, 0.15) is 30.5 Å². The summed E-state index contributed by atoms with van der Waals surface area (Å²) >= 11 is 1.63. The minimum absolute atomic E-state index is 0.538. The Labute approximate surface area is 138 Å². The molecule has 1 aliphatic heterocycles. The minimum atomic E-state index is -0.565. The van der Waals surface area contributed by atoms with Gasteiger partial charge in [0.05, 0.1) is 22.3 Å². The van der Waals surface area contributed by atoms with Crippen molar-refractivity contribution in [2.24, 2.45) is 0 Å². The Morgan fingerprint density at radius 2 is 2.17 bits per heavy atom. The summed E-state index contributed by atoms with van der Waals surface area (Å²) < 4.78 is 2.23. The normalized spacial score (nSPS) is 21.7. The molecule has 5 rings (SSSR count). The van der Waals surface area contributed by atoms with Crippen molar-refractivity contribution in [2.75, 3.05) is 6.54 Å². The first kappa shape index (κ1) is 13.7. The van der Waals surface area contributed by atoms with E-state index in [2.05, 4.69) is 30.9 Å². The average Bonchev–Trinajstić information content (AvgIpc) is 3.22. The highest BCUT2D eigenvalue weighted by molar-refractivity contribution is 7.13. The Morgan fingerprint density at radius 1 is 1.30 bits per heavy atom. The Bertz CT molecular complexity index is 895. The van der Waals surface area contributed by atoms with Gasteiger partial charge in [0.15, 0.2) is 0 Å². The Morgan fingerprint density at radius 3 is 2.91 bits per heavy atom. The number of hydrogen-bond donors (Lipinski definition) is 1. The molecule has 4 heterocycles. The number of nitrogens with zero attached hydrogens (tertiary/aromatic N) is 4. The smallest absolute Gasteiger partial charge is 0.149 e. The molecule has 1 N–H and O–H groups in total. The van der Waals surface area contributed by atoms with Gasteiger partial charge < -0.3 is 9.67 Å². The summed E-state index contributed by atoms with van der Waals surface area (Å²) in [5.41, 5.74) is 5.04. The highest BCUT2D eigenvalue weighted by atomic mass is 32.1. The van der Waals surface area contributed by atoms with Crippen LogP contribution in [0.2, 0.25) is 0 Å². The van der Waals surface area contributed by atoms with Crippen LogP contribution in [0.3, 0.4) is 0 Å². The molecular formula is C17H18N4OS. The molecule has 1 saturated carbocycles. The molecule has 1 aliphatic carbocycles. The average molecular weight is 326 g/mol. The van der Waals surface area contributed by atoms with Gasteiger partial charge in [0.25, 0.3) is 0 Å². The van der Waals surface area contributed by atoms with E-state index in [1.54, 1.807) is 11.3 Å². The number of aliphatic hydroxyl groups is 1. The van der Waals surface area contributed by atoms with Crippen LogP contribution in [0.5, 0.6) is 0 Å². The van der Waals surface area contributed by atoms with Crippen molar-refractivity contribution >= 4 is 22.4 Å². The number of hydrogen-bond acceptors (Lipinski definition) is 5. The van der Waals surface area contributed by atoms with Gasteiger partial charge in [-0.05, 0) is 31.9 Å². The van der Waals surface area contributed by atoms with Gasteiger partial charge in [0, 0.05) is 36.4 Å². The fourth-order valence-corrected chi connectivity index (χ4v) is 4.52.